The molecule has 4 heteroatoms. The van der Waals surface area contributed by atoms with Gasteiger partial charge < -0.3 is 5.32 Å². The molecule has 1 N–H and O–H groups in total. The average molecular weight is 239 g/mol. The summed E-state index contributed by atoms with van der Waals surface area (Å²) in [6, 6.07) is 0.357. The van der Waals surface area contributed by atoms with E-state index in [1.807, 2.05) is 24.0 Å². The number of nitrogens with one attached hydrogen (secondary N) is 1. The fraction of sp³-hybridized carbons (Fsp3) is 0.769. The third kappa shape index (κ3) is 3.46. The summed E-state index contributed by atoms with van der Waals surface area (Å²) in [6.45, 7) is 8.04. The molecule has 1 rings (SSSR count). The van der Waals surface area contributed by atoms with E-state index in [1.165, 1.54) is 0 Å². The van der Waals surface area contributed by atoms with E-state index in [0.29, 0.717) is 12.0 Å². The zero-order valence-electron chi connectivity index (χ0n) is 11.4. The zero-order chi connectivity index (χ0) is 12.8. The molecule has 4 nitrogen and oxygen atoms in total. The summed E-state index contributed by atoms with van der Waals surface area (Å²) in [5.74, 6) is 0.571. The van der Waals surface area contributed by atoms with Crippen molar-refractivity contribution < 1.29 is 0 Å². The lowest BCUT2D eigenvalue weighted by Crippen LogP contribution is -2.39. The molecule has 0 saturated heterocycles. The summed E-state index contributed by atoms with van der Waals surface area (Å²) in [7, 11) is 1.96. The number of rotatable bonds is 7. The van der Waals surface area contributed by atoms with Crippen LogP contribution in [0.3, 0.4) is 0 Å². The highest BCUT2D eigenvalue weighted by atomic mass is 16.1. The number of imidazole rings is 1. The van der Waals surface area contributed by atoms with Crippen LogP contribution < -0.4 is 11.0 Å². The van der Waals surface area contributed by atoms with Gasteiger partial charge in [0.05, 0.1) is 0 Å². The Bertz CT molecular complexity index is 380. The summed E-state index contributed by atoms with van der Waals surface area (Å²) in [5.41, 5.74) is 0.107. The molecule has 0 aliphatic rings. The lowest BCUT2D eigenvalue weighted by molar-refractivity contribution is 0.343. The molecular weight excluding hydrogens is 214 g/mol. The molecule has 2 unspecified atom stereocenters. The quantitative estimate of drug-likeness (QED) is 0.786. The van der Waals surface area contributed by atoms with Crippen LogP contribution in [0.2, 0.25) is 0 Å². The van der Waals surface area contributed by atoms with E-state index in [1.54, 1.807) is 4.57 Å². The first-order valence-corrected chi connectivity index (χ1v) is 6.56. The molecule has 17 heavy (non-hydrogen) atoms. The summed E-state index contributed by atoms with van der Waals surface area (Å²) in [6.07, 6.45) is 5.89. The molecule has 0 amide bonds. The lowest BCUT2D eigenvalue weighted by atomic mass is 9.99. The Labute approximate surface area is 104 Å². The van der Waals surface area contributed by atoms with E-state index >= 15 is 0 Å². The molecule has 0 radical (unpaired) electrons. The Hall–Kier alpha value is -1.03. The molecule has 0 saturated carbocycles. The fourth-order valence-corrected chi connectivity index (χ4v) is 2.06. The molecule has 98 valence electrons. The van der Waals surface area contributed by atoms with Crippen molar-refractivity contribution in [3.8, 4) is 0 Å². The van der Waals surface area contributed by atoms with Crippen molar-refractivity contribution >= 4 is 0 Å². The maximum absolute atomic E-state index is 12.0. The number of hydrogen-bond donors (Lipinski definition) is 1. The van der Waals surface area contributed by atoms with E-state index in [9.17, 15) is 4.79 Å². The molecule has 1 aromatic rings. The summed E-state index contributed by atoms with van der Waals surface area (Å²) < 4.78 is 3.59. The third-order valence-electron chi connectivity index (χ3n) is 3.48. The van der Waals surface area contributed by atoms with Gasteiger partial charge in [-0.2, -0.15) is 0 Å². The van der Waals surface area contributed by atoms with Crippen LogP contribution in [0.15, 0.2) is 17.2 Å². The van der Waals surface area contributed by atoms with Crippen molar-refractivity contribution in [2.45, 2.75) is 52.7 Å². The highest BCUT2D eigenvalue weighted by Crippen LogP contribution is 2.08. The van der Waals surface area contributed by atoms with Gasteiger partial charge in [-0.3, -0.25) is 9.13 Å². The zero-order valence-corrected chi connectivity index (χ0v) is 11.4. The van der Waals surface area contributed by atoms with Gasteiger partial charge >= 0.3 is 5.69 Å². The van der Waals surface area contributed by atoms with E-state index in [2.05, 4.69) is 26.1 Å². The molecule has 0 spiro atoms. The van der Waals surface area contributed by atoms with E-state index < -0.39 is 0 Å². The maximum atomic E-state index is 12.0. The summed E-state index contributed by atoms with van der Waals surface area (Å²) >= 11 is 0. The number of nitrogens with zero attached hydrogens (tertiary/aromatic N) is 2. The highest BCUT2D eigenvalue weighted by molar-refractivity contribution is 4.84. The number of hydrogen-bond acceptors (Lipinski definition) is 2. The number of aryl methyl sites for hydroxylation is 1. The highest BCUT2D eigenvalue weighted by Gasteiger charge is 2.15. The van der Waals surface area contributed by atoms with Gasteiger partial charge in [0.2, 0.25) is 0 Å². The van der Waals surface area contributed by atoms with Gasteiger partial charge in [-0.15, -0.1) is 0 Å². The van der Waals surface area contributed by atoms with Crippen molar-refractivity contribution in [1.82, 2.24) is 14.5 Å². The van der Waals surface area contributed by atoms with E-state index in [-0.39, 0.29) is 5.69 Å². The van der Waals surface area contributed by atoms with Gasteiger partial charge in [0.25, 0.3) is 0 Å². The van der Waals surface area contributed by atoms with Gasteiger partial charge in [0.1, 0.15) is 0 Å². The van der Waals surface area contributed by atoms with Gasteiger partial charge in [-0.1, -0.05) is 27.2 Å². The van der Waals surface area contributed by atoms with Crippen LogP contribution in [-0.2, 0) is 13.1 Å². The van der Waals surface area contributed by atoms with Gasteiger partial charge in [0.15, 0.2) is 0 Å². The van der Waals surface area contributed by atoms with Crippen LogP contribution in [0.25, 0.3) is 0 Å². The number of aromatic nitrogens is 2. The topological polar surface area (TPSA) is 39.0 Å². The second-order valence-corrected chi connectivity index (χ2v) is 4.71. The molecule has 1 aromatic heterocycles. The van der Waals surface area contributed by atoms with Crippen LogP contribution >= 0.6 is 0 Å². The molecule has 0 aromatic carbocycles. The van der Waals surface area contributed by atoms with Crippen molar-refractivity contribution in [1.29, 1.82) is 0 Å². The fourth-order valence-electron chi connectivity index (χ4n) is 2.06. The van der Waals surface area contributed by atoms with Crippen LogP contribution in [0, 0.1) is 5.92 Å². The van der Waals surface area contributed by atoms with Crippen LogP contribution in [0.4, 0.5) is 0 Å². The standard InChI is InChI=1S/C13H25N3O/c1-5-7-15-8-9-16(13(15)17)10-12(14-4)11(3)6-2/h8-9,11-12,14H,5-7,10H2,1-4H3. The second kappa shape index (κ2) is 6.64. The first-order chi connectivity index (χ1) is 8.13. The Balaban J connectivity index is 2.76. The minimum Gasteiger partial charge on any atom is -0.315 e. The first-order valence-electron chi connectivity index (χ1n) is 6.56. The smallest absolute Gasteiger partial charge is 0.315 e. The molecule has 2 atom stereocenters. The predicted molar refractivity (Wildman–Crippen MR) is 71.3 cm³/mol. The second-order valence-electron chi connectivity index (χ2n) is 4.71. The Morgan fingerprint density at radius 1 is 1.29 bits per heavy atom. The van der Waals surface area contributed by atoms with Crippen molar-refractivity contribution in [2.24, 2.45) is 5.92 Å². The Morgan fingerprint density at radius 3 is 2.47 bits per heavy atom. The molecular formula is C13H25N3O. The van der Waals surface area contributed by atoms with Gasteiger partial charge in [-0.25, -0.2) is 4.79 Å². The van der Waals surface area contributed by atoms with Crippen molar-refractivity contribution in [2.75, 3.05) is 7.05 Å². The SMILES string of the molecule is CCCn1ccn(CC(NC)C(C)CC)c1=O. The third-order valence-corrected chi connectivity index (χ3v) is 3.48. The van der Waals surface area contributed by atoms with E-state index in [4.69, 9.17) is 0 Å². The molecule has 1 heterocycles. The number of likely N-dealkylation sites (N-methyl/N-ethyl adjacent to an activating group) is 1. The first kappa shape index (κ1) is 14.0. The minimum atomic E-state index is 0.107. The largest absolute Gasteiger partial charge is 0.328 e. The molecule has 0 bridgehead atoms. The molecule has 0 aliphatic carbocycles. The van der Waals surface area contributed by atoms with Gasteiger partial charge in [-0.05, 0) is 19.4 Å². The molecule has 0 fully saturated rings. The Morgan fingerprint density at radius 2 is 1.94 bits per heavy atom. The van der Waals surface area contributed by atoms with Crippen LogP contribution in [-0.4, -0.2) is 22.2 Å². The Kier molecular flexibility index (Phi) is 5.48. The van der Waals surface area contributed by atoms with Crippen LogP contribution in [0.5, 0.6) is 0 Å². The minimum absolute atomic E-state index is 0.107. The molecule has 0 aliphatic heterocycles. The van der Waals surface area contributed by atoms with Crippen molar-refractivity contribution in [3.05, 3.63) is 22.9 Å². The van der Waals surface area contributed by atoms with E-state index in [0.717, 1.165) is 25.9 Å². The average Bonchev–Trinajstić information content (AvgIpc) is 2.68. The normalized spacial score (nSPS) is 14.8. The summed E-state index contributed by atoms with van der Waals surface area (Å²) in [4.78, 5) is 12.0. The lowest BCUT2D eigenvalue weighted by Gasteiger charge is -2.22. The van der Waals surface area contributed by atoms with Crippen LogP contribution in [0.1, 0.15) is 33.6 Å². The maximum Gasteiger partial charge on any atom is 0.328 e. The summed E-state index contributed by atoms with van der Waals surface area (Å²) in [5, 5.41) is 3.30. The van der Waals surface area contributed by atoms with Crippen molar-refractivity contribution in [3.63, 3.8) is 0 Å². The van der Waals surface area contributed by atoms with Gasteiger partial charge in [0, 0.05) is 31.5 Å². The predicted octanol–water partition coefficient (Wildman–Crippen LogP) is 1.69. The monoisotopic (exact) mass is 239 g/mol.